The summed E-state index contributed by atoms with van der Waals surface area (Å²) in [6, 6.07) is 9.70. The fraction of sp³-hybridized carbons (Fsp3) is 0.476. The summed E-state index contributed by atoms with van der Waals surface area (Å²) in [6.45, 7) is 7.92. The molecule has 0 aliphatic carbocycles. The number of thiocarbonyl (C=S) groups is 1. The third-order valence-corrected chi connectivity index (χ3v) is 5.35. The minimum atomic E-state index is 0.650. The summed E-state index contributed by atoms with van der Waals surface area (Å²) in [4.78, 5) is 4.54. The van der Waals surface area contributed by atoms with Gasteiger partial charge >= 0.3 is 0 Å². The molecule has 2 rings (SSSR count). The zero-order valence-electron chi connectivity index (χ0n) is 16.5. The van der Waals surface area contributed by atoms with E-state index in [4.69, 9.17) is 28.2 Å². The van der Waals surface area contributed by atoms with Crippen LogP contribution in [0.2, 0.25) is 5.02 Å². The third-order valence-electron chi connectivity index (χ3n) is 4.58. The number of benzene rings is 1. The van der Waals surface area contributed by atoms with Gasteiger partial charge in [0.15, 0.2) is 5.11 Å². The largest absolute Gasteiger partial charge is 0.467 e. The van der Waals surface area contributed by atoms with Gasteiger partial charge < -0.3 is 19.5 Å². The average Bonchev–Trinajstić information content (AvgIpc) is 3.16. The van der Waals surface area contributed by atoms with E-state index in [9.17, 15) is 0 Å². The van der Waals surface area contributed by atoms with Gasteiger partial charge in [-0.25, -0.2) is 0 Å². The molecule has 0 aliphatic heterocycles. The molecule has 0 spiro atoms. The minimum absolute atomic E-state index is 0.650. The normalized spacial score (nSPS) is 11.0. The van der Waals surface area contributed by atoms with Crippen LogP contribution in [-0.2, 0) is 6.54 Å². The SMILES string of the molecule is CCCCN(C)CCCN(Cc1ccco1)C(=S)Nc1cccc(Cl)c1C. The first-order valence-electron chi connectivity index (χ1n) is 9.53. The van der Waals surface area contributed by atoms with Crippen LogP contribution < -0.4 is 5.32 Å². The van der Waals surface area contributed by atoms with E-state index in [1.807, 2.05) is 37.3 Å². The van der Waals surface area contributed by atoms with Gasteiger partial charge in [0, 0.05) is 17.3 Å². The van der Waals surface area contributed by atoms with Crippen molar-refractivity contribution in [1.82, 2.24) is 9.80 Å². The number of furan rings is 1. The monoisotopic (exact) mass is 407 g/mol. The number of anilines is 1. The Kier molecular flexibility index (Phi) is 9.11. The summed E-state index contributed by atoms with van der Waals surface area (Å²) < 4.78 is 5.53. The second kappa shape index (κ2) is 11.3. The van der Waals surface area contributed by atoms with Crippen molar-refractivity contribution in [1.29, 1.82) is 0 Å². The van der Waals surface area contributed by atoms with Crippen LogP contribution in [0.15, 0.2) is 41.0 Å². The molecule has 0 saturated carbocycles. The smallest absolute Gasteiger partial charge is 0.173 e. The summed E-state index contributed by atoms with van der Waals surface area (Å²) >= 11 is 11.9. The van der Waals surface area contributed by atoms with Crippen LogP contribution in [0.4, 0.5) is 5.69 Å². The fourth-order valence-corrected chi connectivity index (χ4v) is 3.29. The molecule has 0 saturated heterocycles. The predicted molar refractivity (Wildman–Crippen MR) is 119 cm³/mol. The molecule has 148 valence electrons. The summed E-state index contributed by atoms with van der Waals surface area (Å²) in [5.74, 6) is 0.904. The first-order chi connectivity index (χ1) is 13.0. The van der Waals surface area contributed by atoms with Crippen LogP contribution in [-0.4, -0.2) is 41.6 Å². The Hall–Kier alpha value is -1.56. The Morgan fingerprint density at radius 3 is 2.63 bits per heavy atom. The van der Waals surface area contributed by atoms with Crippen molar-refractivity contribution in [2.45, 2.75) is 39.7 Å². The van der Waals surface area contributed by atoms with E-state index >= 15 is 0 Å². The van der Waals surface area contributed by atoms with Crippen molar-refractivity contribution < 1.29 is 4.42 Å². The van der Waals surface area contributed by atoms with Crippen molar-refractivity contribution >= 4 is 34.6 Å². The lowest BCUT2D eigenvalue weighted by Crippen LogP contribution is -2.36. The second-order valence-electron chi connectivity index (χ2n) is 6.85. The van der Waals surface area contributed by atoms with Crippen molar-refractivity contribution in [2.24, 2.45) is 0 Å². The average molecular weight is 408 g/mol. The highest BCUT2D eigenvalue weighted by Gasteiger charge is 2.14. The summed E-state index contributed by atoms with van der Waals surface area (Å²) in [5.41, 5.74) is 1.94. The van der Waals surface area contributed by atoms with E-state index < -0.39 is 0 Å². The van der Waals surface area contributed by atoms with Gasteiger partial charge in [-0.3, -0.25) is 0 Å². The Morgan fingerprint density at radius 2 is 1.93 bits per heavy atom. The number of nitrogens with one attached hydrogen (secondary N) is 1. The maximum absolute atomic E-state index is 6.23. The molecule has 0 unspecified atom stereocenters. The Morgan fingerprint density at radius 1 is 1.15 bits per heavy atom. The molecule has 0 radical (unpaired) electrons. The van der Waals surface area contributed by atoms with Crippen LogP contribution in [0, 0.1) is 6.92 Å². The number of unbranched alkanes of at least 4 members (excludes halogenated alkanes) is 1. The zero-order valence-corrected chi connectivity index (χ0v) is 18.1. The molecule has 0 atom stereocenters. The molecule has 0 amide bonds. The Labute approximate surface area is 173 Å². The highest BCUT2D eigenvalue weighted by molar-refractivity contribution is 7.80. The minimum Gasteiger partial charge on any atom is -0.467 e. The molecule has 4 nitrogen and oxygen atoms in total. The number of halogens is 1. The van der Waals surface area contributed by atoms with Crippen LogP contribution in [0.1, 0.15) is 37.5 Å². The van der Waals surface area contributed by atoms with Gasteiger partial charge in [-0.2, -0.15) is 0 Å². The third kappa shape index (κ3) is 7.17. The first-order valence-corrected chi connectivity index (χ1v) is 10.3. The summed E-state index contributed by atoms with van der Waals surface area (Å²) in [6.07, 6.45) is 5.20. The lowest BCUT2D eigenvalue weighted by atomic mass is 10.2. The second-order valence-corrected chi connectivity index (χ2v) is 7.65. The quantitative estimate of drug-likeness (QED) is 0.521. The lowest BCUT2D eigenvalue weighted by molar-refractivity contribution is 0.293. The molecule has 1 N–H and O–H groups in total. The van der Waals surface area contributed by atoms with Gasteiger partial charge in [-0.05, 0) is 81.9 Å². The lowest BCUT2D eigenvalue weighted by Gasteiger charge is -2.27. The van der Waals surface area contributed by atoms with Gasteiger partial charge in [0.05, 0.1) is 12.8 Å². The highest BCUT2D eigenvalue weighted by atomic mass is 35.5. The number of nitrogens with zero attached hydrogens (tertiary/aromatic N) is 2. The van der Waals surface area contributed by atoms with E-state index in [1.165, 1.54) is 12.8 Å². The van der Waals surface area contributed by atoms with Gasteiger partial charge in [-0.15, -0.1) is 0 Å². The molecule has 0 aliphatic rings. The van der Waals surface area contributed by atoms with Crippen LogP contribution in [0.25, 0.3) is 0 Å². The number of hydrogen-bond acceptors (Lipinski definition) is 3. The van der Waals surface area contributed by atoms with Crippen molar-refractivity contribution in [3.05, 3.63) is 52.9 Å². The topological polar surface area (TPSA) is 31.6 Å². The van der Waals surface area contributed by atoms with Crippen LogP contribution >= 0.6 is 23.8 Å². The van der Waals surface area contributed by atoms with Crippen LogP contribution in [0.3, 0.4) is 0 Å². The van der Waals surface area contributed by atoms with Crippen molar-refractivity contribution in [2.75, 3.05) is 32.0 Å². The molecule has 2 aromatic rings. The van der Waals surface area contributed by atoms with Gasteiger partial charge in [0.1, 0.15) is 5.76 Å². The standard InChI is InChI=1S/C21H30ClN3OS/c1-4-5-12-24(3)13-8-14-25(16-18-9-7-15-26-18)21(27)23-20-11-6-10-19(22)17(20)2/h6-7,9-11,15H,4-5,8,12-14,16H2,1-3H3,(H,23,27). The molecule has 0 bridgehead atoms. The predicted octanol–water partition coefficient (Wildman–Crippen LogP) is 5.56. The Balaban J connectivity index is 1.98. The van der Waals surface area contributed by atoms with E-state index in [1.54, 1.807) is 6.26 Å². The Bertz CT molecular complexity index is 705. The molecular weight excluding hydrogens is 378 g/mol. The number of rotatable bonds is 10. The van der Waals surface area contributed by atoms with E-state index in [0.717, 1.165) is 48.1 Å². The van der Waals surface area contributed by atoms with E-state index in [2.05, 4.69) is 29.1 Å². The van der Waals surface area contributed by atoms with Gasteiger partial charge in [0.25, 0.3) is 0 Å². The molecule has 0 fully saturated rings. The first kappa shape index (κ1) is 21.7. The molecule has 1 aromatic carbocycles. The maximum Gasteiger partial charge on any atom is 0.173 e. The van der Waals surface area contributed by atoms with Gasteiger partial charge in [0.2, 0.25) is 0 Å². The van der Waals surface area contributed by atoms with E-state index in [-0.39, 0.29) is 0 Å². The number of hydrogen-bond donors (Lipinski definition) is 1. The summed E-state index contributed by atoms with van der Waals surface area (Å²) in [7, 11) is 2.18. The van der Waals surface area contributed by atoms with Crippen LogP contribution in [0.5, 0.6) is 0 Å². The summed E-state index contributed by atoms with van der Waals surface area (Å²) in [5, 5.41) is 4.78. The van der Waals surface area contributed by atoms with Gasteiger partial charge in [-0.1, -0.05) is 31.0 Å². The molecule has 6 heteroatoms. The van der Waals surface area contributed by atoms with Crippen molar-refractivity contribution in [3.63, 3.8) is 0 Å². The highest BCUT2D eigenvalue weighted by Crippen LogP contribution is 2.23. The molecule has 27 heavy (non-hydrogen) atoms. The fourth-order valence-electron chi connectivity index (χ4n) is 2.85. The zero-order chi connectivity index (χ0) is 19.6. The molecule has 1 aromatic heterocycles. The molecule has 1 heterocycles. The van der Waals surface area contributed by atoms with E-state index in [0.29, 0.717) is 11.7 Å². The molecular formula is C21H30ClN3OS. The maximum atomic E-state index is 6.23. The van der Waals surface area contributed by atoms with Crippen molar-refractivity contribution in [3.8, 4) is 0 Å².